The van der Waals surface area contributed by atoms with Gasteiger partial charge >= 0.3 is 0 Å². The molecule has 2 heteroatoms. The van der Waals surface area contributed by atoms with E-state index in [2.05, 4.69) is 28.6 Å². The van der Waals surface area contributed by atoms with E-state index in [0.717, 1.165) is 10.7 Å². The van der Waals surface area contributed by atoms with Gasteiger partial charge in [0.05, 0.1) is 0 Å². The molecule has 70 valence electrons. The summed E-state index contributed by atoms with van der Waals surface area (Å²) in [6, 6.07) is 10.2. The molecular weight excluding hydrogens is 190 g/mol. The van der Waals surface area contributed by atoms with E-state index in [-0.39, 0.29) is 0 Å². The number of benzene rings is 1. The molecule has 0 unspecified atom stereocenters. The molecule has 0 aliphatic heterocycles. The third kappa shape index (κ3) is 2.30. The van der Waals surface area contributed by atoms with E-state index in [1.54, 1.807) is 11.3 Å². The van der Waals surface area contributed by atoms with Crippen LogP contribution in [0.4, 0.5) is 0 Å². The molecule has 0 spiro atoms. The monoisotopic (exact) mass is 201 g/mol. The number of thiazole rings is 1. The van der Waals surface area contributed by atoms with Crippen LogP contribution in [0.1, 0.15) is 16.3 Å². The third-order valence-electron chi connectivity index (χ3n) is 1.85. The van der Waals surface area contributed by atoms with Crippen molar-refractivity contribution in [3.63, 3.8) is 0 Å². The molecule has 2 aromatic rings. The van der Waals surface area contributed by atoms with Crippen LogP contribution in [-0.2, 0) is 0 Å². The van der Waals surface area contributed by atoms with Gasteiger partial charge in [0.1, 0.15) is 5.01 Å². The molecule has 1 aromatic heterocycles. The minimum atomic E-state index is 1.06. The van der Waals surface area contributed by atoms with E-state index in [9.17, 15) is 0 Å². The predicted molar refractivity (Wildman–Crippen MR) is 62.2 cm³/mol. The molecule has 0 N–H and O–H groups in total. The Morgan fingerprint density at radius 3 is 2.57 bits per heavy atom. The highest BCUT2D eigenvalue weighted by molar-refractivity contribution is 7.10. The van der Waals surface area contributed by atoms with E-state index >= 15 is 0 Å². The first-order valence-electron chi connectivity index (χ1n) is 4.50. The molecule has 0 atom stereocenters. The lowest BCUT2D eigenvalue weighted by Crippen LogP contribution is -1.71. The molecule has 1 aromatic carbocycles. The van der Waals surface area contributed by atoms with Gasteiger partial charge in [0.2, 0.25) is 0 Å². The van der Waals surface area contributed by atoms with E-state index in [0.29, 0.717) is 0 Å². The summed E-state index contributed by atoms with van der Waals surface area (Å²) >= 11 is 1.67. The lowest BCUT2D eigenvalue weighted by Gasteiger charge is -1.89. The van der Waals surface area contributed by atoms with Gasteiger partial charge in [-0.2, -0.15) is 0 Å². The Morgan fingerprint density at radius 2 is 1.93 bits per heavy atom. The highest BCUT2D eigenvalue weighted by Gasteiger charge is 1.92. The van der Waals surface area contributed by atoms with Gasteiger partial charge in [-0.15, -0.1) is 11.3 Å². The van der Waals surface area contributed by atoms with Crippen LogP contribution in [-0.4, -0.2) is 4.98 Å². The van der Waals surface area contributed by atoms with Crippen molar-refractivity contribution >= 4 is 23.5 Å². The molecule has 1 nitrogen and oxygen atoms in total. The molecule has 1 heterocycles. The molecular formula is C12H11NS. The maximum atomic E-state index is 4.36. The number of nitrogens with zero attached hydrogens (tertiary/aromatic N) is 1. The van der Waals surface area contributed by atoms with Crippen LogP contribution in [0.15, 0.2) is 35.7 Å². The summed E-state index contributed by atoms with van der Waals surface area (Å²) in [6.45, 7) is 2.01. The SMILES string of the molecule is Cc1csc(/C=C/c2ccccc2)n1. The number of aromatic nitrogens is 1. The Bertz CT molecular complexity index is 429. The van der Waals surface area contributed by atoms with Crippen LogP contribution >= 0.6 is 11.3 Å². The van der Waals surface area contributed by atoms with Gasteiger partial charge < -0.3 is 0 Å². The highest BCUT2D eigenvalue weighted by Crippen LogP contribution is 2.12. The zero-order chi connectivity index (χ0) is 9.80. The average Bonchev–Trinajstić information content (AvgIpc) is 2.63. The predicted octanol–water partition coefficient (Wildman–Crippen LogP) is 3.62. The fraction of sp³-hybridized carbons (Fsp3) is 0.0833. The van der Waals surface area contributed by atoms with Crippen molar-refractivity contribution in [2.75, 3.05) is 0 Å². The zero-order valence-corrected chi connectivity index (χ0v) is 8.79. The van der Waals surface area contributed by atoms with Gasteiger partial charge in [0, 0.05) is 11.1 Å². The van der Waals surface area contributed by atoms with Crippen molar-refractivity contribution in [3.05, 3.63) is 52.0 Å². The Morgan fingerprint density at radius 1 is 1.14 bits per heavy atom. The summed E-state index contributed by atoms with van der Waals surface area (Å²) < 4.78 is 0. The molecule has 0 saturated carbocycles. The topological polar surface area (TPSA) is 12.9 Å². The Hall–Kier alpha value is -1.41. The van der Waals surface area contributed by atoms with Crippen molar-refractivity contribution in [2.24, 2.45) is 0 Å². The quantitative estimate of drug-likeness (QED) is 0.723. The standard InChI is InChI=1S/C12H11NS/c1-10-9-14-12(13-10)8-7-11-5-3-2-4-6-11/h2-9H,1H3/b8-7+. The Labute approximate surface area is 87.8 Å². The minimum Gasteiger partial charge on any atom is -0.242 e. The number of rotatable bonds is 2. The van der Waals surface area contributed by atoms with Crippen LogP contribution < -0.4 is 0 Å². The van der Waals surface area contributed by atoms with E-state index < -0.39 is 0 Å². The molecule has 0 bridgehead atoms. The minimum absolute atomic E-state index is 1.06. The number of hydrogen-bond acceptors (Lipinski definition) is 2. The second-order valence-electron chi connectivity index (χ2n) is 3.07. The summed E-state index contributed by atoms with van der Waals surface area (Å²) in [5.41, 5.74) is 2.29. The van der Waals surface area contributed by atoms with Crippen molar-refractivity contribution in [1.29, 1.82) is 0 Å². The van der Waals surface area contributed by atoms with E-state index in [4.69, 9.17) is 0 Å². The summed E-state index contributed by atoms with van der Waals surface area (Å²) in [5, 5.41) is 3.12. The summed E-state index contributed by atoms with van der Waals surface area (Å²) in [6.07, 6.45) is 4.13. The van der Waals surface area contributed by atoms with E-state index in [1.807, 2.05) is 31.2 Å². The number of hydrogen-bond donors (Lipinski definition) is 0. The van der Waals surface area contributed by atoms with Crippen molar-refractivity contribution < 1.29 is 0 Å². The normalized spacial score (nSPS) is 10.9. The maximum Gasteiger partial charge on any atom is 0.116 e. The zero-order valence-electron chi connectivity index (χ0n) is 7.97. The second kappa shape index (κ2) is 4.20. The van der Waals surface area contributed by atoms with Gasteiger partial charge in [-0.05, 0) is 18.6 Å². The molecule has 0 aliphatic rings. The molecule has 0 aliphatic carbocycles. The first kappa shape index (κ1) is 9.16. The maximum absolute atomic E-state index is 4.36. The van der Waals surface area contributed by atoms with Crippen LogP contribution in [0.5, 0.6) is 0 Å². The fourth-order valence-corrected chi connectivity index (χ4v) is 1.87. The summed E-state index contributed by atoms with van der Waals surface area (Å²) in [5.74, 6) is 0. The molecule has 2 rings (SSSR count). The largest absolute Gasteiger partial charge is 0.242 e. The van der Waals surface area contributed by atoms with Gasteiger partial charge in [0.15, 0.2) is 0 Å². The van der Waals surface area contributed by atoms with Crippen molar-refractivity contribution in [1.82, 2.24) is 4.98 Å². The molecule has 14 heavy (non-hydrogen) atoms. The Balaban J connectivity index is 2.15. The van der Waals surface area contributed by atoms with Crippen LogP contribution in [0.2, 0.25) is 0 Å². The molecule has 0 radical (unpaired) electrons. The summed E-state index contributed by atoms with van der Waals surface area (Å²) in [7, 11) is 0. The Kier molecular flexibility index (Phi) is 2.75. The molecule has 0 amide bonds. The van der Waals surface area contributed by atoms with Crippen LogP contribution in [0, 0.1) is 6.92 Å². The highest BCUT2D eigenvalue weighted by atomic mass is 32.1. The first-order valence-corrected chi connectivity index (χ1v) is 5.38. The average molecular weight is 201 g/mol. The molecule has 0 fully saturated rings. The van der Waals surface area contributed by atoms with E-state index in [1.165, 1.54) is 5.56 Å². The third-order valence-corrected chi connectivity index (χ3v) is 2.78. The van der Waals surface area contributed by atoms with Crippen LogP contribution in [0.3, 0.4) is 0 Å². The van der Waals surface area contributed by atoms with Crippen molar-refractivity contribution in [2.45, 2.75) is 6.92 Å². The smallest absolute Gasteiger partial charge is 0.116 e. The lowest BCUT2D eigenvalue weighted by atomic mass is 10.2. The second-order valence-corrected chi connectivity index (χ2v) is 3.96. The summed E-state index contributed by atoms with van der Waals surface area (Å²) in [4.78, 5) is 4.36. The number of aryl methyl sites for hydroxylation is 1. The van der Waals surface area contributed by atoms with Gasteiger partial charge in [0.25, 0.3) is 0 Å². The van der Waals surface area contributed by atoms with Gasteiger partial charge in [-0.3, -0.25) is 0 Å². The van der Waals surface area contributed by atoms with Crippen molar-refractivity contribution in [3.8, 4) is 0 Å². The van der Waals surface area contributed by atoms with Gasteiger partial charge in [-0.25, -0.2) is 4.98 Å². The lowest BCUT2D eigenvalue weighted by molar-refractivity contribution is 1.25. The van der Waals surface area contributed by atoms with Crippen LogP contribution in [0.25, 0.3) is 12.2 Å². The fourth-order valence-electron chi connectivity index (χ4n) is 1.18. The molecule has 0 saturated heterocycles. The van der Waals surface area contributed by atoms with Gasteiger partial charge in [-0.1, -0.05) is 36.4 Å². The first-order chi connectivity index (χ1) is 6.84.